The molecule has 84 valence electrons. The van der Waals surface area contributed by atoms with Gasteiger partial charge in [-0.25, -0.2) is 0 Å². The van der Waals surface area contributed by atoms with Gasteiger partial charge in [-0.1, -0.05) is 0 Å². The minimum Gasteiger partial charge on any atom is -0.508 e. The molecule has 0 spiro atoms. The van der Waals surface area contributed by atoms with E-state index in [1.165, 1.54) is 11.3 Å². The highest BCUT2D eigenvalue weighted by Gasteiger charge is 2.03. The second kappa shape index (κ2) is 6.03. The SMILES string of the molecule is CNCCCSc1cc(C)c(O)cc1C. The van der Waals surface area contributed by atoms with Gasteiger partial charge in [0.2, 0.25) is 0 Å². The topological polar surface area (TPSA) is 32.3 Å². The largest absolute Gasteiger partial charge is 0.508 e. The lowest BCUT2D eigenvalue weighted by Crippen LogP contribution is -2.08. The highest BCUT2D eigenvalue weighted by Crippen LogP contribution is 2.28. The van der Waals surface area contributed by atoms with Gasteiger partial charge in [0.05, 0.1) is 0 Å². The maximum atomic E-state index is 9.51. The fourth-order valence-electron chi connectivity index (χ4n) is 1.36. The molecule has 0 heterocycles. The van der Waals surface area contributed by atoms with Gasteiger partial charge in [-0.2, -0.15) is 0 Å². The summed E-state index contributed by atoms with van der Waals surface area (Å²) in [5.74, 6) is 1.51. The van der Waals surface area contributed by atoms with Crippen molar-refractivity contribution < 1.29 is 5.11 Å². The molecular formula is C12H19NOS. The summed E-state index contributed by atoms with van der Waals surface area (Å²) in [6, 6.07) is 3.91. The summed E-state index contributed by atoms with van der Waals surface area (Å²) in [6.45, 7) is 5.04. The monoisotopic (exact) mass is 225 g/mol. The number of nitrogens with one attached hydrogen (secondary N) is 1. The van der Waals surface area contributed by atoms with Gasteiger partial charge in [0, 0.05) is 4.90 Å². The average Bonchev–Trinajstić information content (AvgIpc) is 2.20. The Morgan fingerprint density at radius 1 is 1.27 bits per heavy atom. The molecule has 3 heteroatoms. The Balaban J connectivity index is 2.57. The zero-order valence-corrected chi connectivity index (χ0v) is 10.4. The molecule has 1 aromatic rings. The van der Waals surface area contributed by atoms with Gasteiger partial charge in [0.15, 0.2) is 0 Å². The standard InChI is InChI=1S/C12H19NOS/c1-9-8-12(10(2)7-11(9)14)15-6-4-5-13-3/h7-8,13-14H,4-6H2,1-3H3. The van der Waals surface area contributed by atoms with Crippen molar-refractivity contribution in [1.29, 1.82) is 0 Å². The number of hydrogen-bond acceptors (Lipinski definition) is 3. The fraction of sp³-hybridized carbons (Fsp3) is 0.500. The van der Waals surface area contributed by atoms with Crippen LogP contribution in [0.3, 0.4) is 0 Å². The molecule has 0 aliphatic carbocycles. The van der Waals surface area contributed by atoms with Crippen LogP contribution in [-0.4, -0.2) is 24.5 Å². The predicted octanol–water partition coefficient (Wildman–Crippen LogP) is 2.71. The molecule has 15 heavy (non-hydrogen) atoms. The molecule has 1 aromatic carbocycles. The maximum absolute atomic E-state index is 9.51. The van der Waals surface area contributed by atoms with Gasteiger partial charge in [0.25, 0.3) is 0 Å². The molecule has 0 radical (unpaired) electrons. The first-order chi connectivity index (χ1) is 7.15. The third kappa shape index (κ3) is 3.76. The van der Waals surface area contributed by atoms with Gasteiger partial charge in [-0.15, -0.1) is 11.8 Å². The average molecular weight is 225 g/mol. The second-order valence-corrected chi connectivity index (χ2v) is 4.85. The Morgan fingerprint density at radius 2 is 2.00 bits per heavy atom. The number of thioether (sulfide) groups is 1. The van der Waals surface area contributed by atoms with Crippen molar-refractivity contribution in [2.75, 3.05) is 19.3 Å². The molecule has 2 N–H and O–H groups in total. The van der Waals surface area contributed by atoms with Crippen LogP contribution in [0.1, 0.15) is 17.5 Å². The van der Waals surface area contributed by atoms with Crippen molar-refractivity contribution in [3.8, 4) is 5.75 Å². The molecule has 0 saturated heterocycles. The number of aryl methyl sites for hydroxylation is 2. The molecule has 0 amide bonds. The van der Waals surface area contributed by atoms with E-state index in [9.17, 15) is 5.11 Å². The van der Waals surface area contributed by atoms with E-state index < -0.39 is 0 Å². The first-order valence-corrected chi connectivity index (χ1v) is 6.21. The molecule has 0 aromatic heterocycles. The predicted molar refractivity (Wildman–Crippen MR) is 66.8 cm³/mol. The van der Waals surface area contributed by atoms with Crippen molar-refractivity contribution in [2.24, 2.45) is 0 Å². The van der Waals surface area contributed by atoms with Crippen LogP contribution in [-0.2, 0) is 0 Å². The third-order valence-electron chi connectivity index (χ3n) is 2.32. The molecule has 0 aliphatic heterocycles. The lowest BCUT2D eigenvalue weighted by Gasteiger charge is -2.08. The van der Waals surface area contributed by atoms with Crippen molar-refractivity contribution in [3.63, 3.8) is 0 Å². The van der Waals surface area contributed by atoms with E-state index in [-0.39, 0.29) is 0 Å². The van der Waals surface area contributed by atoms with Crippen molar-refractivity contribution >= 4 is 11.8 Å². The van der Waals surface area contributed by atoms with E-state index in [2.05, 4.69) is 11.4 Å². The molecule has 2 nitrogen and oxygen atoms in total. The highest BCUT2D eigenvalue weighted by molar-refractivity contribution is 7.99. The molecule has 0 atom stereocenters. The van der Waals surface area contributed by atoms with E-state index in [4.69, 9.17) is 0 Å². The van der Waals surface area contributed by atoms with Crippen LogP contribution >= 0.6 is 11.8 Å². The maximum Gasteiger partial charge on any atom is 0.118 e. The first kappa shape index (κ1) is 12.4. The number of phenols is 1. The summed E-state index contributed by atoms with van der Waals surface area (Å²) < 4.78 is 0. The van der Waals surface area contributed by atoms with E-state index in [0.717, 1.165) is 23.4 Å². The molecule has 0 fully saturated rings. The van der Waals surface area contributed by atoms with Crippen molar-refractivity contribution in [2.45, 2.75) is 25.2 Å². The summed E-state index contributed by atoms with van der Waals surface area (Å²) in [7, 11) is 1.97. The molecular weight excluding hydrogens is 206 g/mol. The Bertz CT molecular complexity index is 326. The van der Waals surface area contributed by atoms with Crippen molar-refractivity contribution in [3.05, 3.63) is 23.3 Å². The Morgan fingerprint density at radius 3 is 2.67 bits per heavy atom. The first-order valence-electron chi connectivity index (χ1n) is 5.22. The van der Waals surface area contributed by atoms with Gasteiger partial charge in [0.1, 0.15) is 5.75 Å². The summed E-state index contributed by atoms with van der Waals surface area (Å²) in [5, 5.41) is 12.7. The minimum absolute atomic E-state index is 0.395. The Labute approximate surface area is 96.1 Å². The van der Waals surface area contributed by atoms with Crippen LogP contribution in [0.25, 0.3) is 0 Å². The van der Waals surface area contributed by atoms with Gasteiger partial charge in [-0.05, 0) is 62.9 Å². The number of phenolic OH excluding ortho intramolecular Hbond substituents is 1. The lowest BCUT2D eigenvalue weighted by molar-refractivity contribution is 0.470. The Kier molecular flexibility index (Phi) is 4.99. The molecule has 0 bridgehead atoms. The van der Waals surface area contributed by atoms with Crippen LogP contribution < -0.4 is 5.32 Å². The zero-order valence-electron chi connectivity index (χ0n) is 9.63. The summed E-state index contributed by atoms with van der Waals surface area (Å²) in [6.07, 6.45) is 1.17. The number of benzene rings is 1. The summed E-state index contributed by atoms with van der Waals surface area (Å²) in [5.41, 5.74) is 2.12. The van der Waals surface area contributed by atoms with Crippen LogP contribution in [0.15, 0.2) is 17.0 Å². The Hall–Kier alpha value is -0.670. The van der Waals surface area contributed by atoms with Crippen molar-refractivity contribution in [1.82, 2.24) is 5.32 Å². The number of aromatic hydroxyl groups is 1. The highest BCUT2D eigenvalue weighted by atomic mass is 32.2. The zero-order chi connectivity index (χ0) is 11.3. The number of hydrogen-bond donors (Lipinski definition) is 2. The van der Waals surface area contributed by atoms with E-state index >= 15 is 0 Å². The molecule has 0 saturated carbocycles. The van der Waals surface area contributed by atoms with Crippen LogP contribution in [0.4, 0.5) is 0 Å². The molecule has 0 unspecified atom stereocenters. The summed E-state index contributed by atoms with van der Waals surface area (Å²) >= 11 is 1.86. The van der Waals surface area contributed by atoms with Gasteiger partial charge in [-0.3, -0.25) is 0 Å². The van der Waals surface area contributed by atoms with Gasteiger partial charge < -0.3 is 10.4 Å². The van der Waals surface area contributed by atoms with Gasteiger partial charge >= 0.3 is 0 Å². The smallest absolute Gasteiger partial charge is 0.118 e. The number of rotatable bonds is 5. The molecule has 0 aliphatic rings. The van der Waals surface area contributed by atoms with E-state index in [0.29, 0.717) is 5.75 Å². The third-order valence-corrected chi connectivity index (χ3v) is 3.57. The normalized spacial score (nSPS) is 10.6. The lowest BCUT2D eigenvalue weighted by atomic mass is 10.1. The molecule has 1 rings (SSSR count). The quantitative estimate of drug-likeness (QED) is 0.597. The van der Waals surface area contributed by atoms with Crippen LogP contribution in [0, 0.1) is 13.8 Å². The van der Waals surface area contributed by atoms with Crippen LogP contribution in [0.2, 0.25) is 0 Å². The fourth-order valence-corrected chi connectivity index (χ4v) is 2.42. The second-order valence-electron chi connectivity index (χ2n) is 3.71. The van der Waals surface area contributed by atoms with E-state index in [1.54, 1.807) is 0 Å². The van der Waals surface area contributed by atoms with E-state index in [1.807, 2.05) is 38.7 Å². The van der Waals surface area contributed by atoms with Crippen LogP contribution in [0.5, 0.6) is 5.75 Å². The minimum atomic E-state index is 0.395. The summed E-state index contributed by atoms with van der Waals surface area (Å²) in [4.78, 5) is 1.28.